The van der Waals surface area contributed by atoms with E-state index in [1.165, 1.54) is 12.1 Å². The van der Waals surface area contributed by atoms with Crippen molar-refractivity contribution >= 4 is 11.6 Å². The van der Waals surface area contributed by atoms with Crippen molar-refractivity contribution in [3.63, 3.8) is 0 Å². The normalized spacial score (nSPS) is 11.6. The third kappa shape index (κ3) is 4.28. The lowest BCUT2D eigenvalue weighted by atomic mass is 10.1. The number of halogens is 4. The molecule has 90 valence electrons. The molecule has 0 aliphatic heterocycles. The van der Waals surface area contributed by atoms with Crippen LogP contribution in [0.2, 0.25) is 5.02 Å². The van der Waals surface area contributed by atoms with Gasteiger partial charge in [-0.1, -0.05) is 11.6 Å². The molecule has 0 fully saturated rings. The first-order valence-electron chi connectivity index (χ1n) is 4.60. The predicted octanol–water partition coefficient (Wildman–Crippen LogP) is 2.78. The molecule has 0 heterocycles. The second-order valence-corrected chi connectivity index (χ2v) is 3.63. The van der Waals surface area contributed by atoms with Gasteiger partial charge in [0.05, 0.1) is 0 Å². The lowest BCUT2D eigenvalue weighted by Gasteiger charge is -2.12. The van der Waals surface area contributed by atoms with E-state index in [1.807, 2.05) is 0 Å². The number of ether oxygens (including phenoxy) is 1. The molecule has 0 spiro atoms. The highest BCUT2D eigenvalue weighted by molar-refractivity contribution is 6.30. The standard InChI is InChI=1S/C10H11ClF3NO/c11-8-1-2-9(7(5-8)3-4-15)16-6-10(12,13)14/h1-2,5H,3-4,6,15H2. The number of rotatable bonds is 4. The molecule has 2 nitrogen and oxygen atoms in total. The van der Waals surface area contributed by atoms with E-state index in [0.717, 1.165) is 0 Å². The Labute approximate surface area is 96.1 Å². The molecular weight excluding hydrogens is 243 g/mol. The van der Waals surface area contributed by atoms with E-state index in [2.05, 4.69) is 4.74 Å². The van der Waals surface area contributed by atoms with Gasteiger partial charge < -0.3 is 10.5 Å². The monoisotopic (exact) mass is 253 g/mol. The van der Waals surface area contributed by atoms with Crippen molar-refractivity contribution < 1.29 is 17.9 Å². The van der Waals surface area contributed by atoms with Crippen LogP contribution < -0.4 is 10.5 Å². The van der Waals surface area contributed by atoms with Crippen molar-refractivity contribution in [2.45, 2.75) is 12.6 Å². The lowest BCUT2D eigenvalue weighted by molar-refractivity contribution is -0.153. The minimum absolute atomic E-state index is 0.173. The average molecular weight is 254 g/mol. The highest BCUT2D eigenvalue weighted by Gasteiger charge is 2.28. The fourth-order valence-corrected chi connectivity index (χ4v) is 1.39. The summed E-state index contributed by atoms with van der Waals surface area (Å²) in [5.74, 6) is 0.173. The third-order valence-corrected chi connectivity index (χ3v) is 2.06. The van der Waals surface area contributed by atoms with Gasteiger partial charge in [0.15, 0.2) is 6.61 Å². The minimum atomic E-state index is -4.35. The molecule has 0 bridgehead atoms. The van der Waals surface area contributed by atoms with E-state index in [1.54, 1.807) is 6.07 Å². The summed E-state index contributed by atoms with van der Waals surface area (Å²) in [5.41, 5.74) is 5.92. The number of alkyl halides is 3. The topological polar surface area (TPSA) is 35.2 Å². The summed E-state index contributed by atoms with van der Waals surface area (Å²) in [5, 5.41) is 0.447. The fourth-order valence-electron chi connectivity index (χ4n) is 1.20. The molecule has 1 aromatic rings. The summed E-state index contributed by atoms with van der Waals surface area (Å²) < 4.78 is 40.6. The fraction of sp³-hybridized carbons (Fsp3) is 0.400. The number of benzene rings is 1. The quantitative estimate of drug-likeness (QED) is 0.896. The Hall–Kier alpha value is -0.940. The van der Waals surface area contributed by atoms with Crippen LogP contribution in [0.15, 0.2) is 18.2 Å². The maximum absolute atomic E-state index is 12.0. The van der Waals surface area contributed by atoms with E-state index in [-0.39, 0.29) is 5.75 Å². The molecule has 1 rings (SSSR count). The van der Waals surface area contributed by atoms with Gasteiger partial charge in [-0.05, 0) is 36.7 Å². The van der Waals surface area contributed by atoms with Crippen LogP contribution in [0, 0.1) is 0 Å². The molecule has 2 N–H and O–H groups in total. The van der Waals surface area contributed by atoms with Crippen molar-refractivity contribution in [2.75, 3.05) is 13.2 Å². The summed E-state index contributed by atoms with van der Waals surface area (Å²) in [7, 11) is 0. The number of hydrogen-bond donors (Lipinski definition) is 1. The Morgan fingerprint density at radius 2 is 2.00 bits per heavy atom. The second kappa shape index (κ2) is 5.41. The molecule has 0 radical (unpaired) electrons. The molecule has 0 unspecified atom stereocenters. The van der Waals surface area contributed by atoms with Gasteiger partial charge >= 0.3 is 6.18 Å². The summed E-state index contributed by atoms with van der Waals surface area (Å²) in [6, 6.07) is 4.45. The molecule has 0 aromatic heterocycles. The van der Waals surface area contributed by atoms with Gasteiger partial charge in [-0.2, -0.15) is 13.2 Å². The minimum Gasteiger partial charge on any atom is -0.484 e. The van der Waals surface area contributed by atoms with Crippen LogP contribution in [0.3, 0.4) is 0 Å². The van der Waals surface area contributed by atoms with Gasteiger partial charge in [0.25, 0.3) is 0 Å². The molecule has 0 saturated heterocycles. The first-order valence-corrected chi connectivity index (χ1v) is 4.98. The van der Waals surface area contributed by atoms with E-state index in [0.29, 0.717) is 23.6 Å². The van der Waals surface area contributed by atoms with Crippen LogP contribution in [0.4, 0.5) is 13.2 Å². The first-order chi connectivity index (χ1) is 7.42. The van der Waals surface area contributed by atoms with Crippen LogP contribution in [-0.2, 0) is 6.42 Å². The van der Waals surface area contributed by atoms with Gasteiger partial charge in [-0.25, -0.2) is 0 Å². The molecule has 16 heavy (non-hydrogen) atoms. The Bertz CT molecular complexity index is 354. The van der Waals surface area contributed by atoms with Crippen LogP contribution in [0.5, 0.6) is 5.75 Å². The molecular formula is C10H11ClF3NO. The lowest BCUT2D eigenvalue weighted by Crippen LogP contribution is -2.20. The van der Waals surface area contributed by atoms with E-state index < -0.39 is 12.8 Å². The van der Waals surface area contributed by atoms with E-state index in [4.69, 9.17) is 17.3 Å². The Morgan fingerprint density at radius 1 is 1.31 bits per heavy atom. The van der Waals surface area contributed by atoms with Crippen molar-refractivity contribution in [3.8, 4) is 5.75 Å². The largest absolute Gasteiger partial charge is 0.484 e. The SMILES string of the molecule is NCCc1cc(Cl)ccc1OCC(F)(F)F. The summed E-state index contributed by atoms with van der Waals surface area (Å²) >= 11 is 5.72. The zero-order chi connectivity index (χ0) is 12.2. The van der Waals surface area contributed by atoms with Crippen molar-refractivity contribution in [3.05, 3.63) is 28.8 Å². The third-order valence-electron chi connectivity index (χ3n) is 1.83. The molecule has 0 saturated carbocycles. The predicted molar refractivity (Wildman–Crippen MR) is 55.8 cm³/mol. The van der Waals surface area contributed by atoms with E-state index >= 15 is 0 Å². The van der Waals surface area contributed by atoms with Crippen LogP contribution >= 0.6 is 11.6 Å². The van der Waals surface area contributed by atoms with Crippen LogP contribution in [-0.4, -0.2) is 19.3 Å². The summed E-state index contributed by atoms with van der Waals surface area (Å²) in [4.78, 5) is 0. The zero-order valence-electron chi connectivity index (χ0n) is 8.35. The molecule has 6 heteroatoms. The number of nitrogens with two attached hydrogens (primary N) is 1. The van der Waals surface area contributed by atoms with Gasteiger partial charge in [0.1, 0.15) is 5.75 Å². The van der Waals surface area contributed by atoms with E-state index in [9.17, 15) is 13.2 Å². The average Bonchev–Trinajstić information content (AvgIpc) is 2.15. The summed E-state index contributed by atoms with van der Waals surface area (Å²) in [6.07, 6.45) is -3.92. The van der Waals surface area contributed by atoms with Gasteiger partial charge in [-0.3, -0.25) is 0 Å². The molecule has 0 aliphatic rings. The highest BCUT2D eigenvalue weighted by Crippen LogP contribution is 2.25. The van der Waals surface area contributed by atoms with Crippen LogP contribution in [0.25, 0.3) is 0 Å². The molecule has 1 aromatic carbocycles. The molecule has 0 amide bonds. The maximum atomic E-state index is 12.0. The van der Waals surface area contributed by atoms with Gasteiger partial charge in [-0.15, -0.1) is 0 Å². The van der Waals surface area contributed by atoms with Crippen molar-refractivity contribution in [1.29, 1.82) is 0 Å². The van der Waals surface area contributed by atoms with Gasteiger partial charge in [0.2, 0.25) is 0 Å². The first kappa shape index (κ1) is 13.1. The van der Waals surface area contributed by atoms with Crippen LogP contribution in [0.1, 0.15) is 5.56 Å². The molecule has 0 atom stereocenters. The Balaban J connectivity index is 2.78. The molecule has 0 aliphatic carbocycles. The van der Waals surface area contributed by atoms with Crippen molar-refractivity contribution in [2.24, 2.45) is 5.73 Å². The zero-order valence-corrected chi connectivity index (χ0v) is 9.11. The summed E-state index contributed by atoms with van der Waals surface area (Å²) in [6.45, 7) is -0.991. The maximum Gasteiger partial charge on any atom is 0.422 e. The number of hydrogen-bond acceptors (Lipinski definition) is 2. The Kier molecular flexibility index (Phi) is 4.44. The van der Waals surface area contributed by atoms with Gasteiger partial charge in [0, 0.05) is 5.02 Å². The second-order valence-electron chi connectivity index (χ2n) is 3.19. The van der Waals surface area contributed by atoms with Crippen molar-refractivity contribution in [1.82, 2.24) is 0 Å². The Morgan fingerprint density at radius 3 is 2.56 bits per heavy atom. The smallest absolute Gasteiger partial charge is 0.422 e. The highest BCUT2D eigenvalue weighted by atomic mass is 35.5.